The van der Waals surface area contributed by atoms with E-state index in [4.69, 9.17) is 5.73 Å². The van der Waals surface area contributed by atoms with Crippen molar-refractivity contribution >= 4 is 5.91 Å². The minimum atomic E-state index is -0.301. The topological polar surface area (TPSA) is 67.2 Å². The first-order valence-electron chi connectivity index (χ1n) is 4.47. The molecule has 13 heavy (non-hydrogen) atoms. The van der Waals surface area contributed by atoms with Gasteiger partial charge in [0.15, 0.2) is 0 Å². The van der Waals surface area contributed by atoms with Gasteiger partial charge in [0.05, 0.1) is 0 Å². The molecule has 1 amide bonds. The summed E-state index contributed by atoms with van der Waals surface area (Å²) < 4.78 is 0. The van der Waals surface area contributed by atoms with Crippen molar-refractivity contribution in [3.8, 4) is 0 Å². The highest BCUT2D eigenvalue weighted by Crippen LogP contribution is 2.23. The van der Waals surface area contributed by atoms with Crippen LogP contribution in [0.15, 0.2) is 23.4 Å². The third-order valence-electron chi connectivity index (χ3n) is 2.56. The first kappa shape index (κ1) is 8.31. The van der Waals surface area contributed by atoms with Gasteiger partial charge in [-0.15, -0.1) is 0 Å². The van der Waals surface area contributed by atoms with Crippen molar-refractivity contribution in [2.24, 2.45) is 11.7 Å². The number of hydrogen-bond acceptors (Lipinski definition) is 3. The molecule has 0 aromatic carbocycles. The van der Waals surface area contributed by atoms with Crippen LogP contribution in [0, 0.1) is 5.92 Å². The van der Waals surface area contributed by atoms with Crippen LogP contribution in [-0.2, 0) is 4.79 Å². The predicted octanol–water partition coefficient (Wildman–Crippen LogP) is -0.200. The Labute approximate surface area is 76.8 Å². The van der Waals surface area contributed by atoms with E-state index in [0.717, 1.165) is 30.7 Å². The fourth-order valence-electron chi connectivity index (χ4n) is 1.73. The molecule has 0 aromatic rings. The Balaban J connectivity index is 2.18. The predicted molar refractivity (Wildman–Crippen MR) is 49.2 cm³/mol. The number of nitrogens with one attached hydrogen (secondary N) is 2. The summed E-state index contributed by atoms with van der Waals surface area (Å²) in [7, 11) is 0. The zero-order chi connectivity index (χ0) is 9.26. The number of allylic oxidation sites excluding steroid dienone is 2. The average Bonchev–Trinajstić information content (AvgIpc) is 2.44. The van der Waals surface area contributed by atoms with E-state index in [9.17, 15) is 4.79 Å². The zero-order valence-corrected chi connectivity index (χ0v) is 7.34. The lowest BCUT2D eigenvalue weighted by Crippen LogP contribution is -2.20. The van der Waals surface area contributed by atoms with Gasteiger partial charge >= 0.3 is 0 Å². The molecule has 1 aliphatic heterocycles. The number of fused-ring (bicyclic) bond motifs is 1. The first-order chi connectivity index (χ1) is 6.27. The Bertz CT molecular complexity index is 293. The second-order valence-electron chi connectivity index (χ2n) is 3.42. The Morgan fingerprint density at radius 1 is 1.54 bits per heavy atom. The maximum Gasteiger partial charge on any atom is 0.244 e. The van der Waals surface area contributed by atoms with Gasteiger partial charge in [-0.05, 0) is 18.9 Å². The Morgan fingerprint density at radius 3 is 3.15 bits per heavy atom. The van der Waals surface area contributed by atoms with Gasteiger partial charge in [-0.25, -0.2) is 5.43 Å². The van der Waals surface area contributed by atoms with Crippen LogP contribution in [0.4, 0.5) is 0 Å². The molecule has 4 heteroatoms. The third kappa shape index (κ3) is 1.58. The molecule has 1 fully saturated rings. The highest BCUT2D eigenvalue weighted by molar-refractivity contribution is 5.92. The smallest absolute Gasteiger partial charge is 0.244 e. The molecule has 0 spiro atoms. The number of carbonyl (C=O) groups is 1. The average molecular weight is 179 g/mol. The summed E-state index contributed by atoms with van der Waals surface area (Å²) in [6.45, 7) is 0.936. The Hall–Kier alpha value is -1.29. The molecule has 1 aliphatic carbocycles. The van der Waals surface area contributed by atoms with Crippen molar-refractivity contribution in [3.63, 3.8) is 0 Å². The van der Waals surface area contributed by atoms with Crippen molar-refractivity contribution in [1.29, 1.82) is 0 Å². The molecular weight excluding hydrogens is 166 g/mol. The molecule has 1 heterocycles. The molecule has 4 nitrogen and oxygen atoms in total. The van der Waals surface area contributed by atoms with Gasteiger partial charge in [-0.3, -0.25) is 4.79 Å². The molecule has 1 unspecified atom stereocenters. The van der Waals surface area contributed by atoms with E-state index >= 15 is 0 Å². The van der Waals surface area contributed by atoms with Crippen LogP contribution in [0.2, 0.25) is 0 Å². The fraction of sp³-hybridized carbons (Fsp3) is 0.444. The van der Waals surface area contributed by atoms with Crippen molar-refractivity contribution in [1.82, 2.24) is 10.9 Å². The SMILES string of the molecule is NC(=O)C1=CC=C2NNCC2CC1. The number of carbonyl (C=O) groups excluding carboxylic acids is 1. The van der Waals surface area contributed by atoms with Gasteiger partial charge in [0.1, 0.15) is 0 Å². The molecule has 0 bridgehead atoms. The molecule has 0 saturated carbocycles. The number of nitrogens with two attached hydrogens (primary N) is 1. The summed E-state index contributed by atoms with van der Waals surface area (Å²) >= 11 is 0. The molecule has 0 aromatic heterocycles. The van der Waals surface area contributed by atoms with Crippen LogP contribution in [0.25, 0.3) is 0 Å². The van der Waals surface area contributed by atoms with Gasteiger partial charge in [-0.1, -0.05) is 6.08 Å². The third-order valence-corrected chi connectivity index (χ3v) is 2.56. The molecule has 70 valence electrons. The number of hydrogen-bond donors (Lipinski definition) is 3. The lowest BCUT2D eigenvalue weighted by Gasteiger charge is -2.06. The van der Waals surface area contributed by atoms with Crippen LogP contribution in [0.1, 0.15) is 12.8 Å². The van der Waals surface area contributed by atoms with Crippen LogP contribution >= 0.6 is 0 Å². The quantitative estimate of drug-likeness (QED) is 0.522. The highest BCUT2D eigenvalue weighted by atomic mass is 16.1. The van der Waals surface area contributed by atoms with Gasteiger partial charge in [-0.2, -0.15) is 0 Å². The second-order valence-corrected chi connectivity index (χ2v) is 3.42. The molecule has 2 rings (SSSR count). The van der Waals surface area contributed by atoms with Crippen molar-refractivity contribution in [3.05, 3.63) is 23.4 Å². The maximum atomic E-state index is 10.9. The normalized spacial score (nSPS) is 26.6. The molecule has 2 aliphatic rings. The van der Waals surface area contributed by atoms with E-state index in [1.165, 1.54) is 0 Å². The Morgan fingerprint density at radius 2 is 2.38 bits per heavy atom. The van der Waals surface area contributed by atoms with Crippen molar-refractivity contribution in [2.45, 2.75) is 12.8 Å². The first-order valence-corrected chi connectivity index (χ1v) is 4.47. The van der Waals surface area contributed by atoms with E-state index in [0.29, 0.717) is 5.92 Å². The lowest BCUT2D eigenvalue weighted by molar-refractivity contribution is -0.114. The summed E-state index contributed by atoms with van der Waals surface area (Å²) in [5, 5.41) is 0. The summed E-state index contributed by atoms with van der Waals surface area (Å²) in [6.07, 6.45) is 5.53. The summed E-state index contributed by atoms with van der Waals surface area (Å²) in [5.74, 6) is 0.206. The maximum absolute atomic E-state index is 10.9. The van der Waals surface area contributed by atoms with E-state index in [2.05, 4.69) is 10.9 Å². The molecular formula is C9H13N3O. The number of primary amides is 1. The van der Waals surface area contributed by atoms with Crippen LogP contribution in [0.3, 0.4) is 0 Å². The summed E-state index contributed by atoms with van der Waals surface area (Å²) in [5.41, 5.74) is 13.2. The molecule has 1 saturated heterocycles. The monoisotopic (exact) mass is 179 g/mol. The highest BCUT2D eigenvalue weighted by Gasteiger charge is 2.22. The van der Waals surface area contributed by atoms with Crippen molar-refractivity contribution < 1.29 is 4.79 Å². The molecule has 4 N–H and O–H groups in total. The lowest BCUT2D eigenvalue weighted by atomic mass is 10.0. The summed E-state index contributed by atoms with van der Waals surface area (Å²) in [6, 6.07) is 0. The van der Waals surface area contributed by atoms with Crippen LogP contribution in [-0.4, -0.2) is 12.5 Å². The van der Waals surface area contributed by atoms with Gasteiger partial charge in [0.2, 0.25) is 5.91 Å². The van der Waals surface area contributed by atoms with Crippen molar-refractivity contribution in [2.75, 3.05) is 6.54 Å². The standard InChI is InChI=1S/C9H13N3O/c10-9(13)6-1-2-7-5-11-12-8(7)4-3-6/h3-4,7,11-12H,1-2,5H2,(H2,10,13). The number of rotatable bonds is 1. The minimum absolute atomic E-state index is 0.301. The van der Waals surface area contributed by atoms with Crippen LogP contribution < -0.4 is 16.6 Å². The minimum Gasteiger partial charge on any atom is -0.366 e. The zero-order valence-electron chi connectivity index (χ0n) is 7.34. The van der Waals surface area contributed by atoms with Crippen LogP contribution in [0.5, 0.6) is 0 Å². The van der Waals surface area contributed by atoms with E-state index < -0.39 is 0 Å². The Kier molecular flexibility index (Phi) is 2.06. The number of hydrazine groups is 1. The van der Waals surface area contributed by atoms with E-state index in [1.807, 2.05) is 12.2 Å². The summed E-state index contributed by atoms with van der Waals surface area (Å²) in [4.78, 5) is 10.9. The number of amides is 1. The molecule has 0 radical (unpaired) electrons. The second kappa shape index (κ2) is 3.22. The fourth-order valence-corrected chi connectivity index (χ4v) is 1.73. The van der Waals surface area contributed by atoms with Gasteiger partial charge in [0, 0.05) is 23.7 Å². The molecule has 1 atom stereocenters. The van der Waals surface area contributed by atoms with Gasteiger partial charge < -0.3 is 11.2 Å². The van der Waals surface area contributed by atoms with Gasteiger partial charge in [0.25, 0.3) is 0 Å². The van der Waals surface area contributed by atoms with E-state index in [-0.39, 0.29) is 5.91 Å². The van der Waals surface area contributed by atoms with E-state index in [1.54, 1.807) is 0 Å². The largest absolute Gasteiger partial charge is 0.366 e.